The molecule has 2 saturated heterocycles. The quantitative estimate of drug-likeness (QED) is 0.925. The van der Waals surface area contributed by atoms with Gasteiger partial charge in [0.2, 0.25) is 5.91 Å². The van der Waals surface area contributed by atoms with Gasteiger partial charge in [-0.05, 0) is 74.8 Å². The van der Waals surface area contributed by atoms with Crippen molar-refractivity contribution in [1.82, 2.24) is 15.1 Å². The van der Waals surface area contributed by atoms with Crippen LogP contribution in [-0.4, -0.2) is 55.5 Å². The molecule has 4 heteroatoms. The Morgan fingerprint density at radius 3 is 2.58 bits per heavy atom. The number of nitrogens with one attached hydrogen (secondary N) is 1. The molecule has 0 saturated carbocycles. The van der Waals surface area contributed by atoms with Gasteiger partial charge < -0.3 is 5.32 Å². The van der Waals surface area contributed by atoms with E-state index in [4.69, 9.17) is 0 Å². The molecule has 2 aliphatic heterocycles. The molecule has 1 aliphatic carbocycles. The molecule has 1 spiro atoms. The van der Waals surface area contributed by atoms with E-state index in [1.54, 1.807) is 18.2 Å². The molecular weight excluding hydrogens is 298 g/mol. The second-order valence-electron chi connectivity index (χ2n) is 7.78. The summed E-state index contributed by atoms with van der Waals surface area (Å²) in [6, 6.07) is 9.78. The lowest BCUT2D eigenvalue weighted by Gasteiger charge is -2.40. The van der Waals surface area contributed by atoms with Crippen LogP contribution in [0.5, 0.6) is 0 Å². The minimum Gasteiger partial charge on any atom is -0.358 e. The van der Waals surface area contributed by atoms with Crippen LogP contribution in [0.25, 0.3) is 0 Å². The molecule has 0 aromatic heterocycles. The van der Waals surface area contributed by atoms with Crippen LogP contribution < -0.4 is 5.32 Å². The van der Waals surface area contributed by atoms with Crippen molar-refractivity contribution in [2.45, 2.75) is 43.6 Å². The Balaban J connectivity index is 1.53. The van der Waals surface area contributed by atoms with Crippen molar-refractivity contribution in [1.29, 1.82) is 0 Å². The minimum atomic E-state index is 0.132. The SMILES string of the molecule is CNC(=O)CN1CCC2(CC1)CC(N1CCCC1)c1ccccc12. The van der Waals surface area contributed by atoms with Crippen LogP contribution in [0.3, 0.4) is 0 Å². The van der Waals surface area contributed by atoms with Gasteiger partial charge in [0.25, 0.3) is 0 Å². The van der Waals surface area contributed by atoms with E-state index in [0.29, 0.717) is 18.0 Å². The number of hydrogen-bond donors (Lipinski definition) is 1. The number of piperidine rings is 1. The summed E-state index contributed by atoms with van der Waals surface area (Å²) in [7, 11) is 1.72. The number of carbonyl (C=O) groups is 1. The highest BCUT2D eigenvalue weighted by Gasteiger charge is 2.47. The highest BCUT2D eigenvalue weighted by Crippen LogP contribution is 2.53. The Labute approximate surface area is 145 Å². The van der Waals surface area contributed by atoms with E-state index in [1.807, 2.05) is 0 Å². The topological polar surface area (TPSA) is 35.6 Å². The molecule has 4 nitrogen and oxygen atoms in total. The monoisotopic (exact) mass is 327 g/mol. The number of hydrogen-bond acceptors (Lipinski definition) is 3. The number of benzene rings is 1. The Hall–Kier alpha value is -1.39. The van der Waals surface area contributed by atoms with E-state index >= 15 is 0 Å². The van der Waals surface area contributed by atoms with Gasteiger partial charge in [0.05, 0.1) is 6.54 Å². The minimum absolute atomic E-state index is 0.132. The van der Waals surface area contributed by atoms with Crippen molar-refractivity contribution in [3.63, 3.8) is 0 Å². The van der Waals surface area contributed by atoms with Crippen LogP contribution in [0.1, 0.15) is 49.3 Å². The first kappa shape index (κ1) is 16.1. The fourth-order valence-corrected chi connectivity index (χ4v) is 5.13. The zero-order valence-corrected chi connectivity index (χ0v) is 14.8. The van der Waals surface area contributed by atoms with Gasteiger partial charge in [-0.25, -0.2) is 0 Å². The van der Waals surface area contributed by atoms with Gasteiger partial charge in [0.15, 0.2) is 0 Å². The average molecular weight is 327 g/mol. The summed E-state index contributed by atoms with van der Waals surface area (Å²) >= 11 is 0. The van der Waals surface area contributed by atoms with Crippen molar-refractivity contribution >= 4 is 5.91 Å². The van der Waals surface area contributed by atoms with Crippen LogP contribution >= 0.6 is 0 Å². The predicted molar refractivity (Wildman–Crippen MR) is 96.0 cm³/mol. The molecule has 4 rings (SSSR count). The number of likely N-dealkylation sites (tertiary alicyclic amines) is 2. The van der Waals surface area contributed by atoms with Gasteiger partial charge in [-0.3, -0.25) is 14.6 Å². The average Bonchev–Trinajstić information content (AvgIpc) is 3.25. The molecule has 0 radical (unpaired) electrons. The lowest BCUT2D eigenvalue weighted by molar-refractivity contribution is -0.122. The number of fused-ring (bicyclic) bond motifs is 2. The first-order valence-corrected chi connectivity index (χ1v) is 9.48. The zero-order chi connectivity index (χ0) is 16.6. The van der Waals surface area contributed by atoms with E-state index in [9.17, 15) is 4.79 Å². The molecule has 0 bridgehead atoms. The first-order chi connectivity index (χ1) is 11.7. The van der Waals surface area contributed by atoms with Crippen molar-refractivity contribution in [2.75, 3.05) is 39.8 Å². The fourth-order valence-electron chi connectivity index (χ4n) is 5.13. The summed E-state index contributed by atoms with van der Waals surface area (Å²) in [6.07, 6.45) is 6.36. The summed E-state index contributed by atoms with van der Waals surface area (Å²) in [5, 5.41) is 2.75. The maximum Gasteiger partial charge on any atom is 0.233 e. The maximum atomic E-state index is 11.7. The molecule has 2 heterocycles. The van der Waals surface area contributed by atoms with Gasteiger partial charge in [-0.15, -0.1) is 0 Å². The molecule has 24 heavy (non-hydrogen) atoms. The van der Waals surface area contributed by atoms with E-state index in [0.717, 1.165) is 13.1 Å². The van der Waals surface area contributed by atoms with Crippen molar-refractivity contribution in [3.8, 4) is 0 Å². The normalized spacial score (nSPS) is 26.6. The van der Waals surface area contributed by atoms with Crippen LogP contribution in [0, 0.1) is 0 Å². The fraction of sp³-hybridized carbons (Fsp3) is 0.650. The van der Waals surface area contributed by atoms with Crippen LogP contribution in [0.4, 0.5) is 0 Å². The Kier molecular flexibility index (Phi) is 4.35. The lowest BCUT2D eigenvalue weighted by Crippen LogP contribution is -2.45. The van der Waals surface area contributed by atoms with E-state index in [-0.39, 0.29) is 5.91 Å². The summed E-state index contributed by atoms with van der Waals surface area (Å²) < 4.78 is 0. The highest BCUT2D eigenvalue weighted by molar-refractivity contribution is 5.77. The smallest absolute Gasteiger partial charge is 0.233 e. The van der Waals surface area contributed by atoms with E-state index in [1.165, 1.54) is 45.2 Å². The highest BCUT2D eigenvalue weighted by atomic mass is 16.1. The Bertz CT molecular complexity index is 601. The third kappa shape index (κ3) is 2.76. The van der Waals surface area contributed by atoms with Crippen molar-refractivity contribution in [3.05, 3.63) is 35.4 Å². The summed E-state index contributed by atoms with van der Waals surface area (Å²) in [5.41, 5.74) is 3.52. The number of carbonyl (C=O) groups excluding carboxylic acids is 1. The lowest BCUT2D eigenvalue weighted by atomic mass is 9.73. The molecule has 1 N–H and O–H groups in total. The molecule has 1 amide bonds. The molecule has 1 aromatic rings. The number of nitrogens with zero attached hydrogens (tertiary/aromatic N) is 2. The third-order valence-corrected chi connectivity index (χ3v) is 6.52. The molecule has 2 fully saturated rings. The molecule has 1 aromatic carbocycles. The number of rotatable bonds is 3. The van der Waals surface area contributed by atoms with Gasteiger partial charge in [0.1, 0.15) is 0 Å². The molecule has 1 atom stereocenters. The summed E-state index contributed by atoms with van der Waals surface area (Å²) in [4.78, 5) is 16.7. The van der Waals surface area contributed by atoms with Gasteiger partial charge in [-0.2, -0.15) is 0 Å². The van der Waals surface area contributed by atoms with Crippen molar-refractivity contribution in [2.24, 2.45) is 0 Å². The summed E-state index contributed by atoms with van der Waals surface area (Å²) in [5.74, 6) is 0.132. The third-order valence-electron chi connectivity index (χ3n) is 6.52. The summed E-state index contributed by atoms with van der Waals surface area (Å²) in [6.45, 7) is 5.14. The van der Waals surface area contributed by atoms with Crippen LogP contribution in [0.2, 0.25) is 0 Å². The second-order valence-corrected chi connectivity index (χ2v) is 7.78. The van der Waals surface area contributed by atoms with Gasteiger partial charge >= 0.3 is 0 Å². The molecular formula is C20H29N3O. The number of likely N-dealkylation sites (N-methyl/N-ethyl adjacent to an activating group) is 1. The van der Waals surface area contributed by atoms with Gasteiger partial charge in [-0.1, -0.05) is 24.3 Å². The zero-order valence-electron chi connectivity index (χ0n) is 14.8. The molecule has 3 aliphatic rings. The standard InChI is InChI=1S/C20H29N3O/c1-21-19(24)15-22-12-8-20(9-13-22)14-18(23-10-4-5-11-23)16-6-2-3-7-17(16)20/h2-3,6-7,18H,4-5,8-15H2,1H3,(H,21,24). The number of amides is 1. The van der Waals surface area contributed by atoms with Gasteiger partial charge in [0, 0.05) is 13.1 Å². The first-order valence-electron chi connectivity index (χ1n) is 9.48. The largest absolute Gasteiger partial charge is 0.358 e. The maximum absolute atomic E-state index is 11.7. The predicted octanol–water partition coefficient (Wildman–Crippen LogP) is 2.31. The van der Waals surface area contributed by atoms with E-state index < -0.39 is 0 Å². The molecule has 1 unspecified atom stereocenters. The second kappa shape index (κ2) is 6.49. The van der Waals surface area contributed by atoms with Crippen LogP contribution in [-0.2, 0) is 10.2 Å². The van der Waals surface area contributed by atoms with Crippen LogP contribution in [0.15, 0.2) is 24.3 Å². The van der Waals surface area contributed by atoms with E-state index in [2.05, 4.69) is 39.4 Å². The Morgan fingerprint density at radius 1 is 1.17 bits per heavy atom. The van der Waals surface area contributed by atoms with Crippen molar-refractivity contribution < 1.29 is 4.79 Å². The molecule has 130 valence electrons. The Morgan fingerprint density at radius 2 is 1.88 bits per heavy atom.